The van der Waals surface area contributed by atoms with Gasteiger partial charge in [0.2, 0.25) is 0 Å². The van der Waals surface area contributed by atoms with Crippen LogP contribution in [0.3, 0.4) is 0 Å². The van der Waals surface area contributed by atoms with E-state index in [-0.39, 0.29) is 23.6 Å². The van der Waals surface area contributed by atoms with Gasteiger partial charge in [0.15, 0.2) is 0 Å². The Hall–Kier alpha value is -4.18. The lowest BCUT2D eigenvalue weighted by atomic mass is 9.74. The van der Waals surface area contributed by atoms with E-state index in [2.05, 4.69) is 17.1 Å². The molecule has 3 aliphatic rings. The highest BCUT2D eigenvalue weighted by atomic mass is 16.5. The second-order valence-corrected chi connectivity index (χ2v) is 10.6. The molecule has 2 fully saturated rings. The average Bonchev–Trinajstić information content (AvgIpc) is 3.35. The molecule has 3 aliphatic heterocycles. The van der Waals surface area contributed by atoms with Gasteiger partial charge in [0.1, 0.15) is 17.5 Å². The summed E-state index contributed by atoms with van der Waals surface area (Å²) in [6, 6.07) is 22.1. The minimum absolute atomic E-state index is 0.0493. The quantitative estimate of drug-likeness (QED) is 0.523. The van der Waals surface area contributed by atoms with Gasteiger partial charge < -0.3 is 14.5 Å². The van der Waals surface area contributed by atoms with Gasteiger partial charge in [-0.05, 0) is 49.4 Å². The molecule has 0 N–H and O–H groups in total. The Bertz CT molecular complexity index is 1420. The zero-order chi connectivity index (χ0) is 26.3. The number of nitriles is 1. The smallest absolute Gasteiger partial charge is 0.272 e. The molecule has 7 nitrogen and oxygen atoms in total. The van der Waals surface area contributed by atoms with Crippen LogP contribution in [0.2, 0.25) is 0 Å². The molecule has 0 saturated carbocycles. The van der Waals surface area contributed by atoms with Crippen molar-refractivity contribution in [1.29, 1.82) is 5.26 Å². The molecular weight excluding hydrogens is 476 g/mol. The molecule has 2 saturated heterocycles. The fourth-order valence-electron chi connectivity index (χ4n) is 6.15. The minimum atomic E-state index is -0.589. The highest BCUT2D eigenvalue weighted by Gasteiger charge is 2.41. The normalized spacial score (nSPS) is 21.6. The fourth-order valence-corrected chi connectivity index (χ4v) is 6.15. The van der Waals surface area contributed by atoms with Crippen LogP contribution in [0.1, 0.15) is 62.7 Å². The van der Waals surface area contributed by atoms with E-state index in [1.807, 2.05) is 60.4 Å². The van der Waals surface area contributed by atoms with Crippen LogP contribution in [0, 0.1) is 18.3 Å². The number of carbonyl (C=O) groups is 2. The molecule has 6 rings (SSSR count). The Balaban J connectivity index is 1.15. The second-order valence-electron chi connectivity index (χ2n) is 10.6. The topological polar surface area (TPSA) is 86.5 Å². The number of hydrogen-bond donors (Lipinski definition) is 0. The first kappa shape index (κ1) is 24.2. The number of aromatic nitrogens is 1. The number of hydrogen-bond acceptors (Lipinski definition) is 5. The number of rotatable bonds is 3. The Morgan fingerprint density at radius 1 is 1.00 bits per heavy atom. The van der Waals surface area contributed by atoms with Crippen LogP contribution in [0.25, 0.3) is 0 Å². The molecule has 2 amide bonds. The van der Waals surface area contributed by atoms with Crippen molar-refractivity contribution in [3.05, 3.63) is 94.8 Å². The van der Waals surface area contributed by atoms with Gasteiger partial charge in [0.25, 0.3) is 11.8 Å². The maximum Gasteiger partial charge on any atom is 0.272 e. The lowest BCUT2D eigenvalue weighted by Gasteiger charge is -2.37. The zero-order valence-electron chi connectivity index (χ0n) is 21.5. The summed E-state index contributed by atoms with van der Waals surface area (Å²) in [5.74, 6) is 0.926. The SMILES string of the molecule is Cc1cnc(C(=O)N2CCC(C#N)(c3ccccc3)CC2)cc1C(=O)N1CC[C@@H]2c3ccccc3O[C@@H]2C1. The van der Waals surface area contributed by atoms with Gasteiger partial charge in [-0.15, -0.1) is 0 Å². The number of aryl methyl sites for hydroxylation is 1. The van der Waals surface area contributed by atoms with E-state index in [4.69, 9.17) is 4.74 Å². The predicted molar refractivity (Wildman–Crippen MR) is 142 cm³/mol. The molecular formula is C31H30N4O3. The zero-order valence-corrected chi connectivity index (χ0v) is 21.5. The Kier molecular flexibility index (Phi) is 6.11. The second kappa shape index (κ2) is 9.60. The van der Waals surface area contributed by atoms with Crippen molar-refractivity contribution < 1.29 is 14.3 Å². The maximum atomic E-state index is 13.6. The number of amides is 2. The van der Waals surface area contributed by atoms with Crippen molar-refractivity contribution >= 4 is 11.8 Å². The predicted octanol–water partition coefficient (Wildman–Crippen LogP) is 4.48. The van der Waals surface area contributed by atoms with Crippen LogP contribution in [-0.4, -0.2) is 58.9 Å². The van der Waals surface area contributed by atoms with Crippen LogP contribution in [0.5, 0.6) is 5.75 Å². The van der Waals surface area contributed by atoms with Crippen LogP contribution in [0.4, 0.5) is 0 Å². The molecule has 0 spiro atoms. The standard InChI is InChI=1S/C31H30N4O3/c1-21-18-33-26(30(37)34-15-12-31(20-32,13-16-34)22-7-3-2-4-8-22)17-25(21)29(36)35-14-11-24-23-9-5-6-10-27(23)38-28(24)19-35/h2-10,17-18,24,28H,11-16,19H2,1H3/t24-,28-/m1/s1. The molecule has 3 aromatic rings. The van der Waals surface area contributed by atoms with Gasteiger partial charge in [0.05, 0.1) is 18.0 Å². The van der Waals surface area contributed by atoms with Crippen LogP contribution in [0.15, 0.2) is 66.9 Å². The number of nitrogens with zero attached hydrogens (tertiary/aromatic N) is 4. The number of carbonyl (C=O) groups excluding carboxylic acids is 2. The van der Waals surface area contributed by atoms with E-state index in [0.717, 1.165) is 23.3 Å². The number of benzene rings is 2. The Morgan fingerprint density at radius 3 is 2.50 bits per heavy atom. The summed E-state index contributed by atoms with van der Waals surface area (Å²) in [6.07, 6.45) is 3.54. The van der Waals surface area contributed by atoms with E-state index in [1.54, 1.807) is 17.2 Å². The number of ether oxygens (including phenoxy) is 1. The molecule has 1 aromatic heterocycles. The van der Waals surface area contributed by atoms with Crippen LogP contribution in [-0.2, 0) is 5.41 Å². The molecule has 38 heavy (non-hydrogen) atoms. The summed E-state index contributed by atoms with van der Waals surface area (Å²) >= 11 is 0. The van der Waals surface area contributed by atoms with Crippen molar-refractivity contribution in [2.24, 2.45) is 0 Å². The molecule has 0 aliphatic carbocycles. The first-order valence-electron chi connectivity index (χ1n) is 13.3. The van der Waals surface area contributed by atoms with Crippen LogP contribution < -0.4 is 4.74 Å². The summed E-state index contributed by atoms with van der Waals surface area (Å²) in [4.78, 5) is 35.0. The third-order valence-electron chi connectivity index (χ3n) is 8.44. The van der Waals surface area contributed by atoms with Gasteiger partial charge in [-0.2, -0.15) is 5.26 Å². The molecule has 0 bridgehead atoms. The van der Waals surface area contributed by atoms with Crippen molar-refractivity contribution in [2.45, 2.75) is 43.6 Å². The maximum absolute atomic E-state index is 13.6. The third kappa shape index (κ3) is 4.10. The summed E-state index contributed by atoms with van der Waals surface area (Å²) in [5.41, 5.74) is 3.15. The molecule has 0 unspecified atom stereocenters. The largest absolute Gasteiger partial charge is 0.488 e. The van der Waals surface area contributed by atoms with E-state index < -0.39 is 5.41 Å². The lowest BCUT2D eigenvalue weighted by molar-refractivity contribution is 0.0543. The monoisotopic (exact) mass is 506 g/mol. The minimum Gasteiger partial charge on any atom is -0.488 e. The molecule has 2 atom stereocenters. The van der Waals surface area contributed by atoms with Crippen molar-refractivity contribution in [1.82, 2.24) is 14.8 Å². The summed E-state index contributed by atoms with van der Waals surface area (Å²) in [7, 11) is 0. The van der Waals surface area contributed by atoms with Crippen molar-refractivity contribution in [3.8, 4) is 11.8 Å². The molecule has 7 heteroatoms. The Labute approximate surface area is 222 Å². The highest BCUT2D eigenvalue weighted by molar-refractivity contribution is 5.99. The van der Waals surface area contributed by atoms with Gasteiger partial charge >= 0.3 is 0 Å². The summed E-state index contributed by atoms with van der Waals surface area (Å²) in [6.45, 7) is 3.95. The molecule has 0 radical (unpaired) electrons. The first-order valence-corrected chi connectivity index (χ1v) is 13.3. The molecule has 4 heterocycles. The van der Waals surface area contributed by atoms with Crippen molar-refractivity contribution in [2.75, 3.05) is 26.2 Å². The van der Waals surface area contributed by atoms with Gasteiger partial charge in [0, 0.05) is 42.9 Å². The van der Waals surface area contributed by atoms with Gasteiger partial charge in [-0.25, -0.2) is 0 Å². The third-order valence-corrected chi connectivity index (χ3v) is 8.44. The van der Waals surface area contributed by atoms with E-state index in [1.165, 1.54) is 5.56 Å². The summed E-state index contributed by atoms with van der Waals surface area (Å²) < 4.78 is 6.17. The van der Waals surface area contributed by atoms with E-state index in [0.29, 0.717) is 50.5 Å². The molecule has 192 valence electrons. The summed E-state index contributed by atoms with van der Waals surface area (Å²) in [5, 5.41) is 9.98. The Morgan fingerprint density at radius 2 is 1.74 bits per heavy atom. The van der Waals surface area contributed by atoms with E-state index >= 15 is 0 Å². The van der Waals surface area contributed by atoms with Crippen LogP contribution >= 0.6 is 0 Å². The average molecular weight is 507 g/mol. The van der Waals surface area contributed by atoms with Gasteiger partial charge in [-0.1, -0.05) is 48.5 Å². The van der Waals surface area contributed by atoms with E-state index in [9.17, 15) is 14.9 Å². The van der Waals surface area contributed by atoms with Crippen molar-refractivity contribution in [3.63, 3.8) is 0 Å². The number of piperidine rings is 2. The number of para-hydroxylation sites is 1. The van der Waals surface area contributed by atoms with Gasteiger partial charge in [-0.3, -0.25) is 14.6 Å². The fraction of sp³-hybridized carbons (Fsp3) is 0.355. The number of fused-ring (bicyclic) bond motifs is 3. The lowest BCUT2D eigenvalue weighted by Crippen LogP contribution is -2.46. The molecule has 2 aromatic carbocycles. The highest BCUT2D eigenvalue weighted by Crippen LogP contribution is 2.42. The first-order chi connectivity index (χ1) is 18.5. The number of likely N-dealkylation sites (tertiary alicyclic amines) is 2. The number of pyridine rings is 1.